The van der Waals surface area contributed by atoms with E-state index >= 15 is 0 Å². The van der Waals surface area contributed by atoms with Gasteiger partial charge in [0.1, 0.15) is 0 Å². The topological polar surface area (TPSA) is 12.5 Å². The van der Waals surface area contributed by atoms with Crippen LogP contribution in [0.15, 0.2) is 0 Å². The first-order chi connectivity index (χ1) is 3.47. The Hall–Kier alpha value is 0.690. The third-order valence-corrected chi connectivity index (χ3v) is 4.35. The summed E-state index contributed by atoms with van der Waals surface area (Å²) in [7, 11) is 0. The number of hydrogen-bond acceptors (Lipinski definition) is 1. The second-order valence-electron chi connectivity index (χ2n) is 2.03. The standard InChI is InChI=1S/C5H8IO/c1-2-6-3-5-4(1)7-5/h4-5H,1-3H2/q-1. The van der Waals surface area contributed by atoms with E-state index < -0.39 is 0 Å². The van der Waals surface area contributed by atoms with E-state index in [9.17, 15) is 0 Å². The van der Waals surface area contributed by atoms with Crippen LogP contribution in [0.4, 0.5) is 0 Å². The monoisotopic (exact) mass is 211 g/mol. The molecule has 2 saturated heterocycles. The summed E-state index contributed by atoms with van der Waals surface area (Å²) >= 11 is 0.591. The van der Waals surface area contributed by atoms with Crippen molar-refractivity contribution in [2.75, 3.05) is 8.86 Å². The molecule has 2 aliphatic heterocycles. The maximum atomic E-state index is 5.31. The van der Waals surface area contributed by atoms with Gasteiger partial charge in [-0.1, -0.05) is 0 Å². The summed E-state index contributed by atoms with van der Waals surface area (Å²) in [6, 6.07) is 0. The second-order valence-corrected chi connectivity index (χ2v) is 5.07. The van der Waals surface area contributed by atoms with Crippen molar-refractivity contribution in [3.63, 3.8) is 0 Å². The Morgan fingerprint density at radius 1 is 1.43 bits per heavy atom. The molecule has 0 spiro atoms. The van der Waals surface area contributed by atoms with Crippen LogP contribution in [0.1, 0.15) is 6.42 Å². The minimum atomic E-state index is 0.591. The molecule has 7 heavy (non-hydrogen) atoms. The van der Waals surface area contributed by atoms with Crippen molar-refractivity contribution in [1.82, 2.24) is 0 Å². The Morgan fingerprint density at radius 3 is 3.00 bits per heavy atom. The molecule has 0 bridgehead atoms. The van der Waals surface area contributed by atoms with Crippen molar-refractivity contribution in [2.24, 2.45) is 0 Å². The fraction of sp³-hybridized carbons (Fsp3) is 1.00. The molecule has 2 atom stereocenters. The van der Waals surface area contributed by atoms with Gasteiger partial charge in [-0.2, -0.15) is 0 Å². The summed E-state index contributed by atoms with van der Waals surface area (Å²) in [5.74, 6) is 0. The normalized spacial score (nSPS) is 49.1. The van der Waals surface area contributed by atoms with Crippen molar-refractivity contribution in [3.05, 3.63) is 0 Å². The molecular formula is C5H8IO-. The van der Waals surface area contributed by atoms with E-state index in [-0.39, 0.29) is 0 Å². The third kappa shape index (κ3) is 0.785. The van der Waals surface area contributed by atoms with E-state index in [1.165, 1.54) is 15.3 Å². The molecule has 2 aliphatic rings. The quantitative estimate of drug-likeness (QED) is 0.240. The van der Waals surface area contributed by atoms with E-state index in [2.05, 4.69) is 0 Å². The minimum absolute atomic E-state index is 0.591. The predicted octanol–water partition coefficient (Wildman–Crippen LogP) is -2.75. The van der Waals surface area contributed by atoms with Crippen molar-refractivity contribution < 1.29 is 25.9 Å². The number of epoxide rings is 1. The van der Waals surface area contributed by atoms with Crippen LogP contribution in [0.5, 0.6) is 0 Å². The van der Waals surface area contributed by atoms with Crippen molar-refractivity contribution in [3.8, 4) is 0 Å². The van der Waals surface area contributed by atoms with Gasteiger partial charge in [0.15, 0.2) is 0 Å². The zero-order valence-corrected chi connectivity index (χ0v) is 6.22. The zero-order chi connectivity index (χ0) is 4.69. The molecule has 0 aromatic heterocycles. The number of halogens is 1. The molecule has 0 aliphatic carbocycles. The first kappa shape index (κ1) is 4.56. The van der Waals surface area contributed by atoms with Crippen LogP contribution >= 0.6 is 0 Å². The van der Waals surface area contributed by atoms with Gasteiger partial charge in [-0.3, -0.25) is 0 Å². The second kappa shape index (κ2) is 1.58. The van der Waals surface area contributed by atoms with E-state index in [4.69, 9.17) is 4.74 Å². The molecule has 2 rings (SSSR count). The van der Waals surface area contributed by atoms with Crippen LogP contribution in [-0.2, 0) is 4.74 Å². The van der Waals surface area contributed by atoms with Gasteiger partial charge in [0, 0.05) is 0 Å². The van der Waals surface area contributed by atoms with Crippen molar-refractivity contribution >= 4 is 0 Å². The summed E-state index contributed by atoms with van der Waals surface area (Å²) in [6.07, 6.45) is 2.87. The Balaban J connectivity index is 1.95. The van der Waals surface area contributed by atoms with Gasteiger partial charge in [0.2, 0.25) is 0 Å². The molecule has 0 aromatic carbocycles. The first-order valence-corrected chi connectivity index (χ1v) is 5.71. The van der Waals surface area contributed by atoms with Crippen molar-refractivity contribution in [1.29, 1.82) is 0 Å². The molecule has 42 valence electrons. The van der Waals surface area contributed by atoms with Gasteiger partial charge in [-0.05, 0) is 0 Å². The fourth-order valence-corrected chi connectivity index (χ4v) is 3.82. The first-order valence-electron chi connectivity index (χ1n) is 2.66. The van der Waals surface area contributed by atoms with Crippen LogP contribution in [-0.4, -0.2) is 21.1 Å². The Morgan fingerprint density at radius 2 is 2.43 bits per heavy atom. The van der Waals surface area contributed by atoms with Crippen LogP contribution in [0.3, 0.4) is 0 Å². The molecule has 2 fully saturated rings. The van der Waals surface area contributed by atoms with Crippen LogP contribution in [0, 0.1) is 0 Å². The number of alkyl halides is 2. The summed E-state index contributed by atoms with van der Waals surface area (Å²) in [5, 5.41) is 0. The molecule has 2 heterocycles. The molecular weight excluding hydrogens is 203 g/mol. The van der Waals surface area contributed by atoms with E-state index in [1.807, 2.05) is 0 Å². The molecule has 0 radical (unpaired) electrons. The van der Waals surface area contributed by atoms with E-state index in [0.29, 0.717) is 21.2 Å². The molecule has 2 heteroatoms. The SMILES string of the molecule is C1CC2OC2C[I-]1. The Labute approximate surface area is 53.7 Å². The van der Waals surface area contributed by atoms with Crippen LogP contribution in [0.2, 0.25) is 0 Å². The van der Waals surface area contributed by atoms with Crippen LogP contribution < -0.4 is 21.2 Å². The third-order valence-electron chi connectivity index (χ3n) is 1.48. The molecule has 2 unspecified atom stereocenters. The summed E-state index contributed by atoms with van der Waals surface area (Å²) in [4.78, 5) is 0. The summed E-state index contributed by atoms with van der Waals surface area (Å²) < 4.78 is 8.27. The van der Waals surface area contributed by atoms with E-state index in [1.54, 1.807) is 0 Å². The van der Waals surface area contributed by atoms with Gasteiger partial charge >= 0.3 is 53.4 Å². The van der Waals surface area contributed by atoms with Gasteiger partial charge in [-0.25, -0.2) is 0 Å². The van der Waals surface area contributed by atoms with Gasteiger partial charge < -0.3 is 0 Å². The Kier molecular flexibility index (Phi) is 1.03. The maximum absolute atomic E-state index is 5.31. The number of hydrogen-bond donors (Lipinski definition) is 0. The van der Waals surface area contributed by atoms with Crippen molar-refractivity contribution in [2.45, 2.75) is 18.6 Å². The zero-order valence-electron chi connectivity index (χ0n) is 4.06. The predicted molar refractivity (Wildman–Crippen MR) is 23.0 cm³/mol. The van der Waals surface area contributed by atoms with Crippen LogP contribution in [0.25, 0.3) is 0 Å². The van der Waals surface area contributed by atoms with Gasteiger partial charge in [0.05, 0.1) is 0 Å². The average Bonchev–Trinajstić information content (AvgIpc) is 2.41. The molecule has 0 saturated carbocycles. The number of rotatable bonds is 0. The summed E-state index contributed by atoms with van der Waals surface area (Å²) in [5.41, 5.74) is 0. The molecule has 0 amide bonds. The Bertz CT molecular complexity index is 74.1. The molecule has 0 N–H and O–H groups in total. The van der Waals surface area contributed by atoms with Gasteiger partial charge in [0.25, 0.3) is 0 Å². The average molecular weight is 211 g/mol. The molecule has 1 nitrogen and oxygen atoms in total. The summed E-state index contributed by atoms with van der Waals surface area (Å²) in [6.45, 7) is 0. The fourth-order valence-electron chi connectivity index (χ4n) is 0.938. The number of ether oxygens (including phenoxy) is 1. The number of fused-ring (bicyclic) bond motifs is 1. The van der Waals surface area contributed by atoms with E-state index in [0.717, 1.165) is 12.2 Å². The van der Waals surface area contributed by atoms with Gasteiger partial charge in [-0.15, -0.1) is 0 Å². The molecule has 0 aromatic rings.